The third kappa shape index (κ3) is 3.34. The van der Waals surface area contributed by atoms with Crippen molar-refractivity contribution >= 4 is 21.6 Å². The van der Waals surface area contributed by atoms with E-state index in [1.807, 2.05) is 12.1 Å². The van der Waals surface area contributed by atoms with E-state index in [4.69, 9.17) is 4.74 Å². The number of sulfonamides is 1. The maximum atomic E-state index is 12.3. The van der Waals surface area contributed by atoms with Crippen molar-refractivity contribution < 1.29 is 17.9 Å². The van der Waals surface area contributed by atoms with E-state index < -0.39 is 22.1 Å². The Balaban J connectivity index is 1.68. The van der Waals surface area contributed by atoms with Crippen LogP contribution in [0.5, 0.6) is 5.75 Å². The quantitative estimate of drug-likeness (QED) is 0.768. The molecule has 0 saturated carbocycles. The molecule has 1 amide bonds. The number of carbonyl (C=O) groups is 1. The lowest BCUT2D eigenvalue weighted by atomic mass is 10.2. The van der Waals surface area contributed by atoms with Crippen molar-refractivity contribution in [1.82, 2.24) is 10.0 Å². The summed E-state index contributed by atoms with van der Waals surface area (Å²) in [5.41, 5.74) is 1.28. The first-order valence-corrected chi connectivity index (χ1v) is 8.76. The van der Waals surface area contributed by atoms with Gasteiger partial charge in [-0.1, -0.05) is 24.3 Å². The molecule has 1 heterocycles. The van der Waals surface area contributed by atoms with Gasteiger partial charge < -0.3 is 15.4 Å². The van der Waals surface area contributed by atoms with E-state index in [2.05, 4.69) is 15.4 Å². The minimum absolute atomic E-state index is 0.129. The first-order valence-electron chi connectivity index (χ1n) is 7.28. The molecular formula is C16H17N3O4S. The van der Waals surface area contributed by atoms with Crippen molar-refractivity contribution in [2.75, 3.05) is 12.4 Å². The molecule has 24 heavy (non-hydrogen) atoms. The number of ether oxygens (including phenoxy) is 1. The van der Waals surface area contributed by atoms with Crippen molar-refractivity contribution in [3.8, 4) is 5.75 Å². The van der Waals surface area contributed by atoms with Gasteiger partial charge in [-0.25, -0.2) is 8.42 Å². The molecule has 2 aromatic carbocycles. The van der Waals surface area contributed by atoms with Crippen molar-refractivity contribution in [3.63, 3.8) is 0 Å². The highest BCUT2D eigenvalue weighted by Crippen LogP contribution is 2.25. The summed E-state index contributed by atoms with van der Waals surface area (Å²) in [4.78, 5) is 12.4. The fraction of sp³-hybridized carbons (Fsp3) is 0.188. The van der Waals surface area contributed by atoms with Gasteiger partial charge in [0.1, 0.15) is 10.6 Å². The lowest BCUT2D eigenvalue weighted by Gasteiger charge is -2.27. The summed E-state index contributed by atoms with van der Waals surface area (Å²) in [7, 11) is -2.14. The van der Waals surface area contributed by atoms with Crippen LogP contribution < -0.4 is 20.1 Å². The number of fused-ring (bicyclic) bond motifs is 1. The van der Waals surface area contributed by atoms with E-state index in [1.165, 1.54) is 6.07 Å². The van der Waals surface area contributed by atoms with Crippen molar-refractivity contribution in [3.05, 3.63) is 54.1 Å². The Morgan fingerprint density at radius 2 is 1.88 bits per heavy atom. The molecule has 126 valence electrons. The number of hydrogen-bond donors (Lipinski definition) is 3. The number of methoxy groups -OCH3 is 1. The molecule has 3 N–H and O–H groups in total. The SMILES string of the molecule is COc1ccc(CNC(=O)[C@@H]2Nc3ccccc3S(=O)(=O)N2)cc1. The molecular weight excluding hydrogens is 330 g/mol. The highest BCUT2D eigenvalue weighted by Gasteiger charge is 2.32. The van der Waals surface area contributed by atoms with E-state index >= 15 is 0 Å². The number of amides is 1. The van der Waals surface area contributed by atoms with Gasteiger partial charge in [-0.3, -0.25) is 4.79 Å². The Bertz CT molecular complexity index is 850. The van der Waals surface area contributed by atoms with Crippen LogP contribution in [0.4, 0.5) is 5.69 Å². The van der Waals surface area contributed by atoms with E-state index in [0.29, 0.717) is 5.69 Å². The first kappa shape index (κ1) is 16.3. The molecule has 1 aliphatic rings. The Hall–Kier alpha value is -2.58. The summed E-state index contributed by atoms with van der Waals surface area (Å²) in [6.45, 7) is 0.282. The van der Waals surface area contributed by atoms with E-state index in [1.54, 1.807) is 37.4 Å². The van der Waals surface area contributed by atoms with Crippen LogP contribution >= 0.6 is 0 Å². The van der Waals surface area contributed by atoms with Gasteiger partial charge in [0, 0.05) is 6.54 Å². The molecule has 0 radical (unpaired) electrons. The topological polar surface area (TPSA) is 96.5 Å². The molecule has 0 bridgehead atoms. The highest BCUT2D eigenvalue weighted by molar-refractivity contribution is 7.89. The highest BCUT2D eigenvalue weighted by atomic mass is 32.2. The number of para-hydroxylation sites is 1. The number of benzene rings is 2. The molecule has 0 spiro atoms. The van der Waals surface area contributed by atoms with E-state index in [0.717, 1.165) is 11.3 Å². The minimum atomic E-state index is -3.72. The van der Waals surface area contributed by atoms with Crippen LogP contribution in [0.3, 0.4) is 0 Å². The van der Waals surface area contributed by atoms with Crippen molar-refractivity contribution in [2.45, 2.75) is 17.6 Å². The summed E-state index contributed by atoms with van der Waals surface area (Å²) in [6.07, 6.45) is -1.05. The van der Waals surface area contributed by atoms with Gasteiger partial charge in [0.15, 0.2) is 6.17 Å². The zero-order valence-electron chi connectivity index (χ0n) is 12.9. The van der Waals surface area contributed by atoms with E-state index in [-0.39, 0.29) is 11.4 Å². The minimum Gasteiger partial charge on any atom is -0.497 e. The lowest BCUT2D eigenvalue weighted by Crippen LogP contribution is -2.53. The van der Waals surface area contributed by atoms with Crippen LogP contribution in [0.2, 0.25) is 0 Å². The predicted octanol–water partition coefficient (Wildman–Crippen LogP) is 1.04. The average Bonchev–Trinajstić information content (AvgIpc) is 2.59. The largest absolute Gasteiger partial charge is 0.497 e. The van der Waals surface area contributed by atoms with Crippen LogP contribution in [-0.4, -0.2) is 27.6 Å². The fourth-order valence-electron chi connectivity index (χ4n) is 2.38. The van der Waals surface area contributed by atoms with Crippen molar-refractivity contribution in [2.24, 2.45) is 0 Å². The molecule has 0 aliphatic carbocycles. The van der Waals surface area contributed by atoms with Gasteiger partial charge in [0.25, 0.3) is 5.91 Å². The zero-order valence-corrected chi connectivity index (χ0v) is 13.8. The molecule has 0 unspecified atom stereocenters. The summed E-state index contributed by atoms with van der Waals surface area (Å²) in [5.74, 6) is 0.271. The second-order valence-corrected chi connectivity index (χ2v) is 6.94. The van der Waals surface area contributed by atoms with E-state index in [9.17, 15) is 13.2 Å². The molecule has 7 nitrogen and oxygen atoms in total. The Kier molecular flexibility index (Phi) is 4.41. The van der Waals surface area contributed by atoms with Gasteiger partial charge >= 0.3 is 0 Å². The maximum absolute atomic E-state index is 12.3. The standard InChI is InChI=1S/C16H17N3O4S/c1-23-12-8-6-11(7-9-12)10-17-16(20)15-18-13-4-2-3-5-14(13)24(21,22)19-15/h2-9,15,18-19H,10H2,1H3,(H,17,20)/t15-/m1/s1. The maximum Gasteiger partial charge on any atom is 0.258 e. The van der Waals surface area contributed by atoms with Gasteiger partial charge in [-0.15, -0.1) is 0 Å². The molecule has 8 heteroatoms. The molecule has 0 fully saturated rings. The van der Waals surface area contributed by atoms with Gasteiger partial charge in [-0.2, -0.15) is 4.72 Å². The van der Waals surface area contributed by atoms with Crippen molar-refractivity contribution in [1.29, 1.82) is 0 Å². The molecule has 1 atom stereocenters. The fourth-order valence-corrected chi connectivity index (χ4v) is 3.65. The van der Waals surface area contributed by atoms with Gasteiger partial charge in [0.05, 0.1) is 12.8 Å². The number of nitrogens with one attached hydrogen (secondary N) is 3. The third-order valence-corrected chi connectivity index (χ3v) is 5.12. The van der Waals surface area contributed by atoms with Gasteiger partial charge in [0.2, 0.25) is 10.0 Å². The molecule has 0 aromatic heterocycles. The summed E-state index contributed by atoms with van der Waals surface area (Å²) < 4.78 is 31.8. The van der Waals surface area contributed by atoms with Gasteiger partial charge in [-0.05, 0) is 29.8 Å². The zero-order chi connectivity index (χ0) is 17.2. The van der Waals surface area contributed by atoms with Crippen LogP contribution in [0.15, 0.2) is 53.4 Å². The summed E-state index contributed by atoms with van der Waals surface area (Å²) in [6, 6.07) is 13.7. The second kappa shape index (κ2) is 6.50. The Morgan fingerprint density at radius 1 is 1.17 bits per heavy atom. The summed E-state index contributed by atoms with van der Waals surface area (Å²) in [5, 5.41) is 5.59. The van der Waals surface area contributed by atoms with Crippen LogP contribution in [0.25, 0.3) is 0 Å². The number of hydrogen-bond acceptors (Lipinski definition) is 5. The smallest absolute Gasteiger partial charge is 0.258 e. The molecule has 2 aromatic rings. The van der Waals surface area contributed by atoms with Crippen LogP contribution in [-0.2, 0) is 21.4 Å². The first-order chi connectivity index (χ1) is 11.5. The molecule has 3 rings (SSSR count). The third-order valence-electron chi connectivity index (χ3n) is 3.64. The molecule has 1 aliphatic heterocycles. The van der Waals surface area contributed by atoms with Crippen LogP contribution in [0, 0.1) is 0 Å². The lowest BCUT2D eigenvalue weighted by molar-refractivity contribution is -0.122. The summed E-state index contributed by atoms with van der Waals surface area (Å²) >= 11 is 0. The average molecular weight is 347 g/mol. The number of rotatable bonds is 4. The number of anilines is 1. The Morgan fingerprint density at radius 3 is 2.58 bits per heavy atom. The second-order valence-electron chi connectivity index (χ2n) is 5.26. The monoisotopic (exact) mass is 347 g/mol. The predicted molar refractivity (Wildman–Crippen MR) is 89.0 cm³/mol. The van der Waals surface area contributed by atoms with Crippen LogP contribution in [0.1, 0.15) is 5.56 Å². The number of carbonyl (C=O) groups excluding carboxylic acids is 1. The Labute approximate surface area is 140 Å². The molecule has 0 saturated heterocycles. The normalized spacial score (nSPS) is 18.1.